The Morgan fingerprint density at radius 3 is 2.33 bits per heavy atom. The highest BCUT2D eigenvalue weighted by Crippen LogP contribution is 2.34. The molecule has 0 saturated carbocycles. The van der Waals surface area contributed by atoms with Crippen LogP contribution in [0.15, 0.2) is 48.5 Å². The molecule has 0 aliphatic rings. The van der Waals surface area contributed by atoms with Gasteiger partial charge in [-0.05, 0) is 42.2 Å². The number of alkyl halides is 3. The zero-order valence-corrected chi connectivity index (χ0v) is 15.4. The highest BCUT2D eigenvalue weighted by Gasteiger charge is 2.31. The van der Waals surface area contributed by atoms with Crippen LogP contribution in [-0.2, 0) is 6.18 Å². The molecule has 145 valence electrons. The van der Waals surface area contributed by atoms with Gasteiger partial charge < -0.3 is 10.1 Å². The van der Waals surface area contributed by atoms with E-state index in [4.69, 9.17) is 4.74 Å². The summed E-state index contributed by atoms with van der Waals surface area (Å²) in [4.78, 5) is 11.7. The van der Waals surface area contributed by atoms with Crippen molar-refractivity contribution in [3.63, 3.8) is 0 Å². The van der Waals surface area contributed by atoms with Crippen molar-refractivity contribution in [2.24, 2.45) is 0 Å². The SMILES string of the molecule is CCCCNC(=O)Oc1ccc([C](CC)c2cccc(C(F)(F)F)c2)cc1. The maximum Gasteiger partial charge on any atom is 0.416 e. The van der Waals surface area contributed by atoms with E-state index in [2.05, 4.69) is 5.32 Å². The van der Waals surface area contributed by atoms with Gasteiger partial charge in [0, 0.05) is 12.5 Å². The van der Waals surface area contributed by atoms with Gasteiger partial charge in [-0.2, -0.15) is 13.2 Å². The molecule has 0 atom stereocenters. The molecule has 0 fully saturated rings. The first-order chi connectivity index (χ1) is 12.8. The van der Waals surface area contributed by atoms with Gasteiger partial charge in [0.15, 0.2) is 0 Å². The predicted molar refractivity (Wildman–Crippen MR) is 98.6 cm³/mol. The number of ether oxygens (including phenoxy) is 1. The molecular weight excluding hydrogens is 355 g/mol. The van der Waals surface area contributed by atoms with Crippen molar-refractivity contribution < 1.29 is 22.7 Å². The van der Waals surface area contributed by atoms with Crippen LogP contribution in [0.25, 0.3) is 0 Å². The van der Waals surface area contributed by atoms with E-state index >= 15 is 0 Å². The zero-order valence-electron chi connectivity index (χ0n) is 15.4. The molecule has 3 nitrogen and oxygen atoms in total. The molecular formula is C21H23F3NO2. The molecule has 1 amide bonds. The van der Waals surface area contributed by atoms with Crippen LogP contribution in [0.2, 0.25) is 0 Å². The minimum Gasteiger partial charge on any atom is -0.410 e. The van der Waals surface area contributed by atoms with Crippen LogP contribution in [0.1, 0.15) is 49.8 Å². The minimum absolute atomic E-state index is 0.382. The number of carbonyl (C=O) groups excluding carboxylic acids is 1. The number of nitrogens with one attached hydrogen (secondary N) is 1. The predicted octanol–water partition coefficient (Wildman–Crippen LogP) is 5.97. The summed E-state index contributed by atoms with van der Waals surface area (Å²) in [6.45, 7) is 4.47. The molecule has 0 spiro atoms. The first-order valence-corrected chi connectivity index (χ1v) is 8.94. The third-order valence-corrected chi connectivity index (χ3v) is 4.10. The van der Waals surface area contributed by atoms with Crippen LogP contribution in [0.5, 0.6) is 5.75 Å². The number of benzene rings is 2. The fourth-order valence-electron chi connectivity index (χ4n) is 2.69. The molecule has 0 saturated heterocycles. The summed E-state index contributed by atoms with van der Waals surface area (Å²) in [5.41, 5.74) is 0.642. The lowest BCUT2D eigenvalue weighted by Crippen LogP contribution is -2.27. The van der Waals surface area contributed by atoms with Gasteiger partial charge in [-0.3, -0.25) is 0 Å². The lowest BCUT2D eigenvalue weighted by Gasteiger charge is -2.17. The molecule has 0 aliphatic carbocycles. The fourth-order valence-corrected chi connectivity index (χ4v) is 2.69. The van der Waals surface area contributed by atoms with Crippen molar-refractivity contribution in [2.45, 2.75) is 39.3 Å². The second kappa shape index (κ2) is 9.44. The van der Waals surface area contributed by atoms with E-state index in [1.807, 2.05) is 13.8 Å². The van der Waals surface area contributed by atoms with E-state index in [9.17, 15) is 18.0 Å². The average molecular weight is 378 g/mol. The molecule has 2 rings (SSSR count). The van der Waals surface area contributed by atoms with Gasteiger partial charge in [-0.15, -0.1) is 0 Å². The smallest absolute Gasteiger partial charge is 0.410 e. The van der Waals surface area contributed by atoms with E-state index < -0.39 is 17.8 Å². The van der Waals surface area contributed by atoms with Gasteiger partial charge in [0.05, 0.1) is 5.56 Å². The van der Waals surface area contributed by atoms with Crippen LogP contribution in [0.3, 0.4) is 0 Å². The number of unbranched alkanes of at least 4 members (excludes halogenated alkanes) is 1. The molecule has 0 aliphatic heterocycles. The molecule has 0 unspecified atom stereocenters. The molecule has 1 N–H and O–H groups in total. The third-order valence-electron chi connectivity index (χ3n) is 4.10. The molecule has 2 aromatic rings. The van der Waals surface area contributed by atoms with E-state index in [1.165, 1.54) is 6.07 Å². The van der Waals surface area contributed by atoms with Crippen LogP contribution < -0.4 is 10.1 Å². The number of rotatable bonds is 7. The van der Waals surface area contributed by atoms with Gasteiger partial charge in [-0.1, -0.05) is 50.6 Å². The largest absolute Gasteiger partial charge is 0.416 e. The summed E-state index contributed by atoms with van der Waals surface area (Å²) in [6.07, 6.45) is -2.48. The molecule has 0 bridgehead atoms. The quantitative estimate of drug-likeness (QED) is 0.602. The van der Waals surface area contributed by atoms with Crippen LogP contribution in [0.4, 0.5) is 18.0 Å². The standard InChI is InChI=1S/C21H23F3NO2/c1-3-5-13-25-20(26)27-18-11-9-15(10-12-18)19(4-2)16-7-6-8-17(14-16)21(22,23)24/h6-12,14H,3-5,13H2,1-2H3,(H,25,26). The molecule has 2 aromatic carbocycles. The van der Waals surface area contributed by atoms with Crippen LogP contribution in [0, 0.1) is 5.92 Å². The third kappa shape index (κ3) is 6.01. The van der Waals surface area contributed by atoms with E-state index in [1.54, 1.807) is 30.3 Å². The summed E-state index contributed by atoms with van der Waals surface area (Å²) < 4.78 is 44.1. The summed E-state index contributed by atoms with van der Waals surface area (Å²) in [7, 11) is 0. The van der Waals surface area contributed by atoms with Crippen molar-refractivity contribution in [2.75, 3.05) is 6.54 Å². The maximum absolute atomic E-state index is 13.0. The fraction of sp³-hybridized carbons (Fsp3) is 0.333. The van der Waals surface area contributed by atoms with Crippen molar-refractivity contribution in [1.29, 1.82) is 0 Å². The highest BCUT2D eigenvalue weighted by molar-refractivity contribution is 5.70. The molecule has 27 heavy (non-hydrogen) atoms. The highest BCUT2D eigenvalue weighted by atomic mass is 19.4. The number of hydrogen-bond donors (Lipinski definition) is 1. The van der Waals surface area contributed by atoms with E-state index in [0.29, 0.717) is 24.3 Å². The molecule has 1 radical (unpaired) electrons. The van der Waals surface area contributed by atoms with Crippen molar-refractivity contribution in [3.05, 3.63) is 71.1 Å². The first kappa shape index (κ1) is 20.8. The second-order valence-corrected chi connectivity index (χ2v) is 6.10. The molecule has 6 heteroatoms. The summed E-state index contributed by atoms with van der Waals surface area (Å²) in [6, 6.07) is 12.1. The molecule has 0 aromatic heterocycles. The average Bonchev–Trinajstić information content (AvgIpc) is 2.63. The Bertz CT molecular complexity index is 742. The lowest BCUT2D eigenvalue weighted by atomic mass is 9.88. The molecule has 0 heterocycles. The normalized spacial score (nSPS) is 11.5. The minimum atomic E-state index is -4.38. The maximum atomic E-state index is 13.0. The van der Waals surface area contributed by atoms with Gasteiger partial charge in [0.2, 0.25) is 0 Å². The number of amides is 1. The first-order valence-electron chi connectivity index (χ1n) is 8.94. The summed E-state index contributed by atoms with van der Waals surface area (Å²) >= 11 is 0. The van der Waals surface area contributed by atoms with E-state index in [-0.39, 0.29) is 0 Å². The van der Waals surface area contributed by atoms with Gasteiger partial charge in [0.1, 0.15) is 5.75 Å². The Labute approximate surface area is 157 Å². The van der Waals surface area contributed by atoms with E-state index in [0.717, 1.165) is 36.5 Å². The zero-order chi connectivity index (χ0) is 19.9. The van der Waals surface area contributed by atoms with Crippen LogP contribution in [-0.4, -0.2) is 12.6 Å². The number of hydrogen-bond acceptors (Lipinski definition) is 2. The van der Waals surface area contributed by atoms with Gasteiger partial charge in [-0.25, -0.2) is 4.79 Å². The van der Waals surface area contributed by atoms with Crippen molar-refractivity contribution in [3.8, 4) is 5.75 Å². The lowest BCUT2D eigenvalue weighted by molar-refractivity contribution is -0.137. The Hall–Kier alpha value is -2.50. The topological polar surface area (TPSA) is 38.3 Å². The second-order valence-electron chi connectivity index (χ2n) is 6.10. The number of carbonyl (C=O) groups is 1. The van der Waals surface area contributed by atoms with Crippen molar-refractivity contribution >= 4 is 6.09 Å². The Balaban J connectivity index is 2.11. The monoisotopic (exact) mass is 378 g/mol. The Morgan fingerprint density at radius 2 is 1.74 bits per heavy atom. The summed E-state index contributed by atoms with van der Waals surface area (Å²) in [5.74, 6) is 1.17. The van der Waals surface area contributed by atoms with Gasteiger partial charge >= 0.3 is 12.3 Å². The van der Waals surface area contributed by atoms with Gasteiger partial charge in [0.25, 0.3) is 0 Å². The Morgan fingerprint density at radius 1 is 1.04 bits per heavy atom. The number of halogens is 3. The van der Waals surface area contributed by atoms with Crippen molar-refractivity contribution in [1.82, 2.24) is 5.32 Å². The Kier molecular flexibility index (Phi) is 7.28. The van der Waals surface area contributed by atoms with Crippen LogP contribution >= 0.6 is 0 Å². The summed E-state index contributed by atoms with van der Waals surface area (Å²) in [5, 5.41) is 2.65.